The van der Waals surface area contributed by atoms with Crippen molar-refractivity contribution in [1.82, 2.24) is 5.32 Å². The van der Waals surface area contributed by atoms with E-state index < -0.39 is 0 Å². The van der Waals surface area contributed by atoms with E-state index in [0.717, 1.165) is 6.42 Å². The largest absolute Gasteiger partial charge is 0.490 e. The number of carbonyl (C=O) groups excluding carboxylic acids is 1. The van der Waals surface area contributed by atoms with E-state index in [1.807, 2.05) is 26.8 Å². The van der Waals surface area contributed by atoms with Crippen molar-refractivity contribution in [1.29, 1.82) is 5.26 Å². The third kappa shape index (κ3) is 7.20. The molecule has 1 amide bonds. The minimum absolute atomic E-state index is 0.129. The third-order valence-electron chi connectivity index (χ3n) is 2.88. The van der Waals surface area contributed by atoms with Crippen LogP contribution in [-0.4, -0.2) is 38.4 Å². The molecule has 132 valence electrons. The van der Waals surface area contributed by atoms with Crippen LogP contribution >= 0.6 is 15.9 Å². The van der Waals surface area contributed by atoms with Gasteiger partial charge in [0.2, 0.25) is 0 Å². The van der Waals surface area contributed by atoms with Gasteiger partial charge < -0.3 is 19.5 Å². The van der Waals surface area contributed by atoms with Crippen molar-refractivity contribution in [3.8, 4) is 17.6 Å². The van der Waals surface area contributed by atoms with Gasteiger partial charge in [-0.15, -0.1) is 0 Å². The van der Waals surface area contributed by atoms with Crippen molar-refractivity contribution in [2.24, 2.45) is 0 Å². The van der Waals surface area contributed by atoms with Crippen LogP contribution in [0.2, 0.25) is 0 Å². The number of nitriles is 1. The Morgan fingerprint density at radius 1 is 1.38 bits per heavy atom. The molecule has 1 rings (SSSR count). The van der Waals surface area contributed by atoms with E-state index in [0.29, 0.717) is 41.3 Å². The highest BCUT2D eigenvalue weighted by molar-refractivity contribution is 9.10. The summed E-state index contributed by atoms with van der Waals surface area (Å²) in [4.78, 5) is 11.8. The fourth-order valence-corrected chi connectivity index (χ4v) is 2.40. The van der Waals surface area contributed by atoms with E-state index in [-0.39, 0.29) is 18.6 Å². The van der Waals surface area contributed by atoms with Gasteiger partial charge in [0.05, 0.1) is 28.8 Å². The first-order chi connectivity index (χ1) is 11.5. The number of hydrogen-bond donors (Lipinski definition) is 1. The summed E-state index contributed by atoms with van der Waals surface area (Å²) in [5.41, 5.74) is 0.451. The zero-order valence-electron chi connectivity index (χ0n) is 14.2. The molecular weight excluding hydrogens is 376 g/mol. The molecule has 0 radical (unpaired) electrons. The molecule has 0 bridgehead atoms. The van der Waals surface area contributed by atoms with E-state index in [1.165, 1.54) is 0 Å². The van der Waals surface area contributed by atoms with Crippen LogP contribution in [0.5, 0.6) is 11.5 Å². The SMILES string of the molecule is CCOc1cc(C#N)cc(Br)c1OCC(=O)NCCCOC(C)C. The molecule has 1 aromatic rings. The lowest BCUT2D eigenvalue weighted by atomic mass is 10.2. The highest BCUT2D eigenvalue weighted by atomic mass is 79.9. The number of ether oxygens (including phenoxy) is 3. The summed E-state index contributed by atoms with van der Waals surface area (Å²) in [6.45, 7) is 7.21. The van der Waals surface area contributed by atoms with Crippen LogP contribution < -0.4 is 14.8 Å². The molecule has 0 fully saturated rings. The van der Waals surface area contributed by atoms with Crippen molar-refractivity contribution in [3.63, 3.8) is 0 Å². The molecule has 1 N–H and O–H groups in total. The molecule has 0 saturated carbocycles. The summed E-state index contributed by atoms with van der Waals surface area (Å²) in [5, 5.41) is 11.8. The zero-order chi connectivity index (χ0) is 17.9. The predicted molar refractivity (Wildman–Crippen MR) is 94.2 cm³/mol. The Labute approximate surface area is 151 Å². The predicted octanol–water partition coefficient (Wildman–Crippen LogP) is 3.03. The molecule has 0 aliphatic rings. The van der Waals surface area contributed by atoms with Gasteiger partial charge in [-0.25, -0.2) is 0 Å². The van der Waals surface area contributed by atoms with Gasteiger partial charge in [0.15, 0.2) is 18.1 Å². The minimum Gasteiger partial charge on any atom is -0.490 e. The monoisotopic (exact) mass is 398 g/mol. The zero-order valence-corrected chi connectivity index (χ0v) is 15.8. The number of rotatable bonds is 10. The van der Waals surface area contributed by atoms with Gasteiger partial charge in [-0.2, -0.15) is 5.26 Å². The second-order valence-electron chi connectivity index (χ2n) is 5.24. The fraction of sp³-hybridized carbons (Fsp3) is 0.529. The van der Waals surface area contributed by atoms with Crippen molar-refractivity contribution in [3.05, 3.63) is 22.2 Å². The highest BCUT2D eigenvalue weighted by Crippen LogP contribution is 2.36. The first kappa shape index (κ1) is 20.3. The number of nitrogens with one attached hydrogen (secondary N) is 1. The quantitative estimate of drug-likeness (QED) is 0.612. The van der Waals surface area contributed by atoms with E-state index >= 15 is 0 Å². The van der Waals surface area contributed by atoms with Crippen LogP contribution in [0.15, 0.2) is 16.6 Å². The van der Waals surface area contributed by atoms with Gasteiger partial charge in [-0.3, -0.25) is 4.79 Å². The summed E-state index contributed by atoms with van der Waals surface area (Å²) >= 11 is 3.34. The number of benzene rings is 1. The topological polar surface area (TPSA) is 80.6 Å². The van der Waals surface area contributed by atoms with E-state index in [9.17, 15) is 4.79 Å². The maximum atomic E-state index is 11.8. The van der Waals surface area contributed by atoms with E-state index in [1.54, 1.807) is 12.1 Å². The molecule has 6 nitrogen and oxygen atoms in total. The first-order valence-electron chi connectivity index (χ1n) is 7.85. The molecule has 1 aromatic carbocycles. The second kappa shape index (κ2) is 10.9. The van der Waals surface area contributed by atoms with Crippen molar-refractivity contribution in [2.45, 2.75) is 33.3 Å². The van der Waals surface area contributed by atoms with Gasteiger partial charge in [0.25, 0.3) is 5.91 Å². The van der Waals surface area contributed by atoms with E-state index in [4.69, 9.17) is 19.5 Å². The van der Waals surface area contributed by atoms with Gasteiger partial charge in [0.1, 0.15) is 0 Å². The standard InChI is InChI=1S/C17H23BrN2O4/c1-4-22-15-9-13(10-19)8-14(18)17(15)24-11-16(21)20-6-5-7-23-12(2)3/h8-9,12H,4-7,11H2,1-3H3,(H,20,21). The Balaban J connectivity index is 2.51. The van der Waals surface area contributed by atoms with Crippen LogP contribution in [0.4, 0.5) is 0 Å². The third-order valence-corrected chi connectivity index (χ3v) is 3.47. The molecule has 0 unspecified atom stereocenters. The molecule has 0 aliphatic heterocycles. The first-order valence-corrected chi connectivity index (χ1v) is 8.64. The lowest BCUT2D eigenvalue weighted by Crippen LogP contribution is -2.30. The van der Waals surface area contributed by atoms with Crippen LogP contribution in [-0.2, 0) is 9.53 Å². The summed E-state index contributed by atoms with van der Waals surface area (Å²) < 4.78 is 17.0. The second-order valence-corrected chi connectivity index (χ2v) is 6.10. The molecule has 7 heteroatoms. The maximum absolute atomic E-state index is 11.8. The average molecular weight is 399 g/mol. The maximum Gasteiger partial charge on any atom is 0.257 e. The molecule has 0 saturated heterocycles. The lowest BCUT2D eigenvalue weighted by Gasteiger charge is -2.14. The Morgan fingerprint density at radius 3 is 2.75 bits per heavy atom. The molecule has 24 heavy (non-hydrogen) atoms. The van der Waals surface area contributed by atoms with Crippen LogP contribution in [0, 0.1) is 11.3 Å². The Hall–Kier alpha value is -1.78. The normalized spacial score (nSPS) is 10.3. The Bertz CT molecular complexity index is 585. The summed E-state index contributed by atoms with van der Waals surface area (Å²) in [6, 6.07) is 5.26. The number of nitrogens with zero attached hydrogens (tertiary/aromatic N) is 1. The van der Waals surface area contributed by atoms with Gasteiger partial charge in [-0.05, 0) is 49.2 Å². The number of hydrogen-bond acceptors (Lipinski definition) is 5. The van der Waals surface area contributed by atoms with Crippen molar-refractivity contribution in [2.75, 3.05) is 26.4 Å². The summed E-state index contributed by atoms with van der Waals surface area (Å²) in [5.74, 6) is 0.619. The Kier molecular flexibility index (Phi) is 9.20. The summed E-state index contributed by atoms with van der Waals surface area (Å²) in [7, 11) is 0. The molecule has 0 spiro atoms. The van der Waals surface area contributed by atoms with Gasteiger partial charge >= 0.3 is 0 Å². The van der Waals surface area contributed by atoms with Crippen LogP contribution in [0.3, 0.4) is 0 Å². The number of carbonyl (C=O) groups is 1. The van der Waals surface area contributed by atoms with E-state index in [2.05, 4.69) is 21.2 Å². The number of halogens is 1. The molecule has 0 atom stereocenters. The summed E-state index contributed by atoms with van der Waals surface area (Å²) in [6.07, 6.45) is 0.934. The molecule has 0 heterocycles. The molecule has 0 aromatic heterocycles. The van der Waals surface area contributed by atoms with Crippen LogP contribution in [0.25, 0.3) is 0 Å². The Morgan fingerprint density at radius 2 is 2.12 bits per heavy atom. The lowest BCUT2D eigenvalue weighted by molar-refractivity contribution is -0.123. The minimum atomic E-state index is -0.224. The fourth-order valence-electron chi connectivity index (χ4n) is 1.84. The number of amides is 1. The van der Waals surface area contributed by atoms with Gasteiger partial charge in [0, 0.05) is 19.2 Å². The van der Waals surface area contributed by atoms with Crippen LogP contribution in [0.1, 0.15) is 32.8 Å². The average Bonchev–Trinajstić information content (AvgIpc) is 2.53. The molecule has 0 aliphatic carbocycles. The smallest absolute Gasteiger partial charge is 0.257 e. The highest BCUT2D eigenvalue weighted by Gasteiger charge is 2.14. The molecular formula is C17H23BrN2O4. The van der Waals surface area contributed by atoms with Crippen molar-refractivity contribution >= 4 is 21.8 Å². The van der Waals surface area contributed by atoms with Gasteiger partial charge in [-0.1, -0.05) is 0 Å². The van der Waals surface area contributed by atoms with Crippen molar-refractivity contribution < 1.29 is 19.0 Å².